The van der Waals surface area contributed by atoms with Crippen molar-refractivity contribution >= 4 is 46.4 Å². The minimum Gasteiger partial charge on any atom is -0.329 e. The molecular weight excluding hydrogens is 423 g/mol. The maximum Gasteiger partial charge on any atom is 0.243 e. The molecule has 1 aromatic rings. The third-order valence-corrected chi connectivity index (χ3v) is 7.31. The summed E-state index contributed by atoms with van der Waals surface area (Å²) in [5.41, 5.74) is 5.67. The van der Waals surface area contributed by atoms with Gasteiger partial charge in [0.25, 0.3) is 0 Å². The van der Waals surface area contributed by atoms with Crippen LogP contribution in [0.1, 0.15) is 26.7 Å². The largest absolute Gasteiger partial charge is 0.329 e. The quantitative estimate of drug-likeness (QED) is 0.657. The van der Waals surface area contributed by atoms with Gasteiger partial charge in [0, 0.05) is 38.4 Å². The average Bonchev–Trinajstić information content (AvgIpc) is 2.64. The lowest BCUT2D eigenvalue weighted by molar-refractivity contribution is -0.125. The predicted octanol–water partition coefficient (Wildman–Crippen LogP) is 2.17. The summed E-state index contributed by atoms with van der Waals surface area (Å²) in [4.78, 5) is 15.0. The van der Waals surface area contributed by atoms with E-state index in [0.717, 1.165) is 0 Å². The summed E-state index contributed by atoms with van der Waals surface area (Å²) in [5.74, 6) is -0.167. The van der Waals surface area contributed by atoms with Gasteiger partial charge in [-0.2, -0.15) is 4.31 Å². The fourth-order valence-corrected chi connectivity index (χ4v) is 4.60. The second-order valence-electron chi connectivity index (χ2n) is 6.88. The molecule has 0 bridgehead atoms. The number of sulfonamides is 1. The Labute approximate surface area is 180 Å². The second kappa shape index (κ2) is 11.3. The molecule has 7 nitrogen and oxygen atoms in total. The number of halogens is 2. The van der Waals surface area contributed by atoms with Crippen molar-refractivity contribution < 1.29 is 13.2 Å². The fraction of sp³-hybridized carbons (Fsp3) is 0.611. The Morgan fingerprint density at radius 2 is 1.71 bits per heavy atom. The van der Waals surface area contributed by atoms with Crippen LogP contribution in [0.15, 0.2) is 29.2 Å². The molecule has 0 aliphatic carbocycles. The molecule has 3 N–H and O–H groups in total. The molecule has 162 valence electrons. The first kappa shape index (κ1) is 27.1. The van der Waals surface area contributed by atoms with E-state index >= 15 is 0 Å². The number of carbonyl (C=O) groups excluding carboxylic acids is 1. The van der Waals surface area contributed by atoms with Gasteiger partial charge in [-0.05, 0) is 38.1 Å². The van der Waals surface area contributed by atoms with Crippen molar-refractivity contribution in [3.63, 3.8) is 0 Å². The maximum atomic E-state index is 12.9. The zero-order chi connectivity index (χ0) is 19.4. The molecule has 1 heterocycles. The molecule has 1 amide bonds. The summed E-state index contributed by atoms with van der Waals surface area (Å²) in [6.07, 6.45) is 1.26. The number of piperazine rings is 1. The summed E-state index contributed by atoms with van der Waals surface area (Å²) in [6.45, 7) is 6.48. The average molecular weight is 455 g/mol. The summed E-state index contributed by atoms with van der Waals surface area (Å²) >= 11 is 0. The lowest BCUT2D eigenvalue weighted by Crippen LogP contribution is -2.47. The molecule has 2 rings (SSSR count). The van der Waals surface area contributed by atoms with E-state index in [1.165, 1.54) is 10.4 Å². The molecule has 10 heteroatoms. The van der Waals surface area contributed by atoms with Gasteiger partial charge < -0.3 is 16.0 Å². The number of carbonyl (C=O) groups is 1. The van der Waals surface area contributed by atoms with Crippen molar-refractivity contribution in [2.75, 3.05) is 45.1 Å². The Morgan fingerprint density at radius 3 is 2.21 bits per heavy atom. The molecular formula is C18H32Cl2N4O3S. The fourth-order valence-electron chi connectivity index (χ4n) is 3.13. The van der Waals surface area contributed by atoms with Crippen molar-refractivity contribution in [2.24, 2.45) is 11.1 Å². The highest BCUT2D eigenvalue weighted by molar-refractivity contribution is 7.89. The zero-order valence-electron chi connectivity index (χ0n) is 16.7. The highest BCUT2D eigenvalue weighted by Gasteiger charge is 2.33. The van der Waals surface area contributed by atoms with Crippen molar-refractivity contribution in [1.29, 1.82) is 0 Å². The van der Waals surface area contributed by atoms with Crippen LogP contribution in [0, 0.1) is 5.41 Å². The molecule has 0 atom stereocenters. The van der Waals surface area contributed by atoms with Crippen molar-refractivity contribution in [1.82, 2.24) is 9.21 Å². The van der Waals surface area contributed by atoms with Crippen LogP contribution in [0.25, 0.3) is 0 Å². The van der Waals surface area contributed by atoms with Gasteiger partial charge in [-0.1, -0.05) is 19.9 Å². The molecule has 28 heavy (non-hydrogen) atoms. The van der Waals surface area contributed by atoms with Crippen molar-refractivity contribution in [2.45, 2.75) is 31.6 Å². The first-order valence-electron chi connectivity index (χ1n) is 9.09. The predicted molar refractivity (Wildman–Crippen MR) is 118 cm³/mol. The summed E-state index contributed by atoms with van der Waals surface area (Å²) in [7, 11) is -1.59. The van der Waals surface area contributed by atoms with E-state index in [0.29, 0.717) is 44.7 Å². The highest BCUT2D eigenvalue weighted by Crippen LogP contribution is 2.28. The van der Waals surface area contributed by atoms with Crippen LogP contribution in [0.5, 0.6) is 0 Å². The highest BCUT2D eigenvalue weighted by atomic mass is 35.5. The first-order valence-corrected chi connectivity index (χ1v) is 10.5. The van der Waals surface area contributed by atoms with Gasteiger partial charge in [0.05, 0.1) is 10.3 Å². The van der Waals surface area contributed by atoms with Gasteiger partial charge in [0.2, 0.25) is 15.9 Å². The zero-order valence-corrected chi connectivity index (χ0v) is 19.1. The Hall–Kier alpha value is -0.900. The van der Waals surface area contributed by atoms with Gasteiger partial charge in [-0.3, -0.25) is 4.79 Å². The van der Waals surface area contributed by atoms with Crippen LogP contribution in [0.2, 0.25) is 0 Å². The van der Waals surface area contributed by atoms with Crippen LogP contribution < -0.4 is 11.1 Å². The Balaban J connectivity index is 0.00000364. The number of nitrogens with two attached hydrogens (primary N) is 1. The number of nitrogens with zero attached hydrogens (tertiary/aromatic N) is 2. The number of hydrogen-bond donors (Lipinski definition) is 2. The minimum atomic E-state index is -3.57. The number of nitrogens with one attached hydrogen (secondary N) is 1. The Morgan fingerprint density at radius 1 is 1.14 bits per heavy atom. The molecule has 0 spiro atoms. The summed E-state index contributed by atoms with van der Waals surface area (Å²) in [5, 5.41) is 2.85. The van der Waals surface area contributed by atoms with Crippen LogP contribution >= 0.6 is 24.8 Å². The van der Waals surface area contributed by atoms with E-state index in [1.807, 2.05) is 20.9 Å². The topological polar surface area (TPSA) is 95.7 Å². The van der Waals surface area contributed by atoms with Crippen LogP contribution in [0.4, 0.5) is 5.69 Å². The van der Waals surface area contributed by atoms with Crippen LogP contribution in [0.3, 0.4) is 0 Å². The first-order chi connectivity index (χ1) is 12.3. The van der Waals surface area contributed by atoms with E-state index in [-0.39, 0.29) is 42.2 Å². The van der Waals surface area contributed by atoms with Crippen molar-refractivity contribution in [3.05, 3.63) is 24.3 Å². The normalized spacial score (nSPS) is 16.0. The third-order valence-electron chi connectivity index (χ3n) is 5.42. The van der Waals surface area contributed by atoms with E-state index in [2.05, 4.69) is 10.2 Å². The number of anilines is 1. The SMILES string of the molecule is CCC(CC)(CN)C(=O)Nc1cccc(S(=O)(=O)N2CCN(C)CC2)c1.Cl.Cl. The van der Waals surface area contributed by atoms with E-state index < -0.39 is 15.4 Å². The molecule has 1 aliphatic rings. The lowest BCUT2D eigenvalue weighted by atomic mass is 9.81. The van der Waals surface area contributed by atoms with Gasteiger partial charge in [-0.15, -0.1) is 24.8 Å². The standard InChI is InChI=1S/C18H30N4O3S.2ClH/c1-4-18(5-2,14-19)17(23)20-15-7-6-8-16(13-15)26(24,25)22-11-9-21(3)10-12-22;;/h6-8,13H,4-5,9-12,14,19H2,1-3H3,(H,20,23);2*1H. The molecule has 1 aliphatic heterocycles. The van der Waals surface area contributed by atoms with Crippen molar-refractivity contribution in [3.8, 4) is 0 Å². The van der Waals surface area contributed by atoms with Gasteiger partial charge in [0.15, 0.2) is 0 Å². The van der Waals surface area contributed by atoms with E-state index in [4.69, 9.17) is 5.73 Å². The molecule has 1 aromatic carbocycles. The van der Waals surface area contributed by atoms with Gasteiger partial charge in [0.1, 0.15) is 0 Å². The molecule has 0 aromatic heterocycles. The Kier molecular flexibility index (Phi) is 11.0. The number of hydrogen-bond acceptors (Lipinski definition) is 5. The van der Waals surface area contributed by atoms with Crippen LogP contribution in [-0.4, -0.2) is 63.3 Å². The number of rotatable bonds is 7. The summed E-state index contributed by atoms with van der Waals surface area (Å²) in [6, 6.07) is 6.45. The number of amides is 1. The van der Waals surface area contributed by atoms with Gasteiger partial charge >= 0.3 is 0 Å². The number of likely N-dealkylation sites (N-methyl/N-ethyl adjacent to an activating group) is 1. The monoisotopic (exact) mass is 454 g/mol. The van der Waals surface area contributed by atoms with E-state index in [9.17, 15) is 13.2 Å². The minimum absolute atomic E-state index is 0. The molecule has 0 saturated carbocycles. The van der Waals surface area contributed by atoms with Crippen LogP contribution in [-0.2, 0) is 14.8 Å². The summed E-state index contributed by atoms with van der Waals surface area (Å²) < 4.78 is 27.2. The molecule has 0 unspecified atom stereocenters. The van der Waals surface area contributed by atoms with E-state index in [1.54, 1.807) is 18.2 Å². The molecule has 1 saturated heterocycles. The van der Waals surface area contributed by atoms with Gasteiger partial charge in [-0.25, -0.2) is 8.42 Å². The Bertz CT molecular complexity index is 726. The molecule has 1 fully saturated rings. The lowest BCUT2D eigenvalue weighted by Gasteiger charge is -2.31. The third kappa shape index (κ3) is 5.81. The second-order valence-corrected chi connectivity index (χ2v) is 8.82. The maximum absolute atomic E-state index is 12.9. The molecule has 0 radical (unpaired) electrons. The number of benzene rings is 1. The smallest absolute Gasteiger partial charge is 0.243 e.